The Balaban J connectivity index is 0.00000338. The van der Waals surface area contributed by atoms with Gasteiger partial charge in [0.2, 0.25) is 10.0 Å². The van der Waals surface area contributed by atoms with Crippen LogP contribution in [0.3, 0.4) is 0 Å². The van der Waals surface area contributed by atoms with Crippen LogP contribution in [0.1, 0.15) is 18.4 Å². The zero-order chi connectivity index (χ0) is 18.3. The number of ether oxygens (including phenoxy) is 1. The van der Waals surface area contributed by atoms with E-state index in [1.807, 2.05) is 24.3 Å². The van der Waals surface area contributed by atoms with Crippen molar-refractivity contribution in [2.45, 2.75) is 19.4 Å². The molecule has 1 heterocycles. The van der Waals surface area contributed by atoms with Crippen molar-refractivity contribution in [2.24, 2.45) is 10.9 Å². The Morgan fingerprint density at radius 1 is 1.27 bits per heavy atom. The Bertz CT molecular complexity index is 689. The average molecular weight is 496 g/mol. The number of piperidine rings is 1. The van der Waals surface area contributed by atoms with E-state index in [2.05, 4.69) is 15.6 Å². The van der Waals surface area contributed by atoms with Gasteiger partial charge in [0, 0.05) is 38.8 Å². The number of hydrogen-bond acceptors (Lipinski definition) is 4. The third-order valence-corrected chi connectivity index (χ3v) is 5.77. The van der Waals surface area contributed by atoms with Crippen molar-refractivity contribution in [1.29, 1.82) is 0 Å². The first-order valence-electron chi connectivity index (χ1n) is 8.45. The molecule has 0 amide bonds. The van der Waals surface area contributed by atoms with Gasteiger partial charge in [-0.1, -0.05) is 18.2 Å². The molecule has 0 bridgehead atoms. The highest BCUT2D eigenvalue weighted by molar-refractivity contribution is 14.0. The van der Waals surface area contributed by atoms with Crippen molar-refractivity contribution >= 4 is 40.0 Å². The van der Waals surface area contributed by atoms with E-state index < -0.39 is 10.0 Å². The Morgan fingerprint density at radius 2 is 1.92 bits per heavy atom. The maximum Gasteiger partial charge on any atom is 0.211 e. The van der Waals surface area contributed by atoms with Crippen LogP contribution in [0, 0.1) is 5.92 Å². The molecule has 0 unspecified atom stereocenters. The zero-order valence-electron chi connectivity index (χ0n) is 15.6. The van der Waals surface area contributed by atoms with Crippen LogP contribution >= 0.6 is 24.0 Å². The molecular formula is C17H29IN4O3S. The molecule has 0 spiro atoms. The fraction of sp³-hybridized carbons (Fsp3) is 0.588. The van der Waals surface area contributed by atoms with E-state index in [-0.39, 0.29) is 24.0 Å². The summed E-state index contributed by atoms with van der Waals surface area (Å²) in [5.74, 6) is 2.03. The summed E-state index contributed by atoms with van der Waals surface area (Å²) in [5.41, 5.74) is 1.06. The lowest BCUT2D eigenvalue weighted by Crippen LogP contribution is -2.43. The summed E-state index contributed by atoms with van der Waals surface area (Å²) in [7, 11) is 0.335. The standard InChI is InChI=1S/C17H28N4O3S.HI/c1-18-17(20-13-15-6-4-5-7-16(15)24-2)19-12-14-8-10-21(11-9-14)25(3,22)23;/h4-7,14H,8-13H2,1-3H3,(H2,18,19,20);1H. The van der Waals surface area contributed by atoms with Crippen molar-refractivity contribution in [2.75, 3.05) is 40.0 Å². The molecule has 9 heteroatoms. The smallest absolute Gasteiger partial charge is 0.211 e. The van der Waals surface area contributed by atoms with Crippen LogP contribution in [0.5, 0.6) is 5.75 Å². The number of hydrogen-bond donors (Lipinski definition) is 2. The molecule has 1 fully saturated rings. The number of guanidine groups is 1. The second-order valence-corrected chi connectivity index (χ2v) is 8.21. The molecule has 7 nitrogen and oxygen atoms in total. The molecule has 0 radical (unpaired) electrons. The van der Waals surface area contributed by atoms with Gasteiger partial charge in [-0.3, -0.25) is 4.99 Å². The van der Waals surface area contributed by atoms with Gasteiger partial charge in [0.1, 0.15) is 5.75 Å². The first-order valence-corrected chi connectivity index (χ1v) is 10.3. The van der Waals surface area contributed by atoms with Crippen molar-refractivity contribution in [1.82, 2.24) is 14.9 Å². The molecule has 0 atom stereocenters. The number of aliphatic imine (C=N–C) groups is 1. The molecule has 0 saturated carbocycles. The van der Waals surface area contributed by atoms with E-state index in [9.17, 15) is 8.42 Å². The number of para-hydroxylation sites is 1. The first-order chi connectivity index (χ1) is 11.9. The highest BCUT2D eigenvalue weighted by Gasteiger charge is 2.24. The van der Waals surface area contributed by atoms with Gasteiger partial charge >= 0.3 is 0 Å². The van der Waals surface area contributed by atoms with Gasteiger partial charge in [-0.25, -0.2) is 12.7 Å². The predicted octanol–water partition coefficient (Wildman–Crippen LogP) is 1.65. The van der Waals surface area contributed by atoms with Gasteiger partial charge in [0.25, 0.3) is 0 Å². The van der Waals surface area contributed by atoms with E-state index in [0.717, 1.165) is 36.7 Å². The minimum absolute atomic E-state index is 0. The van der Waals surface area contributed by atoms with Crippen LogP contribution in [0.15, 0.2) is 29.3 Å². The highest BCUT2D eigenvalue weighted by Crippen LogP contribution is 2.18. The van der Waals surface area contributed by atoms with Gasteiger partial charge in [-0.05, 0) is 24.8 Å². The number of halogens is 1. The van der Waals surface area contributed by atoms with E-state index in [1.54, 1.807) is 18.5 Å². The molecule has 1 saturated heterocycles. The van der Waals surface area contributed by atoms with Crippen LogP contribution in [0.4, 0.5) is 0 Å². The number of benzene rings is 1. The molecule has 2 rings (SSSR count). The number of nitrogens with one attached hydrogen (secondary N) is 2. The van der Waals surface area contributed by atoms with E-state index in [1.165, 1.54) is 6.26 Å². The van der Waals surface area contributed by atoms with Gasteiger partial charge < -0.3 is 15.4 Å². The lowest BCUT2D eigenvalue weighted by Gasteiger charge is -2.30. The second-order valence-electron chi connectivity index (χ2n) is 6.22. The van der Waals surface area contributed by atoms with E-state index >= 15 is 0 Å². The van der Waals surface area contributed by atoms with E-state index in [0.29, 0.717) is 25.6 Å². The summed E-state index contributed by atoms with van der Waals surface area (Å²) in [6.45, 7) is 2.59. The topological polar surface area (TPSA) is 83.0 Å². The third-order valence-electron chi connectivity index (χ3n) is 4.46. The normalized spacial score (nSPS) is 16.7. The summed E-state index contributed by atoms with van der Waals surface area (Å²) in [6.07, 6.45) is 3.00. The van der Waals surface area contributed by atoms with Crippen molar-refractivity contribution in [3.05, 3.63) is 29.8 Å². The Morgan fingerprint density at radius 3 is 2.50 bits per heavy atom. The Labute approximate surface area is 173 Å². The van der Waals surface area contributed by atoms with Crippen LogP contribution < -0.4 is 15.4 Å². The number of methoxy groups -OCH3 is 1. The maximum absolute atomic E-state index is 11.5. The van der Waals surface area contributed by atoms with Crippen molar-refractivity contribution < 1.29 is 13.2 Å². The summed E-state index contributed by atoms with van der Waals surface area (Å²) in [6, 6.07) is 7.87. The van der Waals surface area contributed by atoms with Crippen LogP contribution in [-0.2, 0) is 16.6 Å². The fourth-order valence-corrected chi connectivity index (χ4v) is 3.81. The molecule has 1 aromatic carbocycles. The summed E-state index contributed by atoms with van der Waals surface area (Å²) in [4.78, 5) is 4.24. The number of rotatable bonds is 6. The van der Waals surface area contributed by atoms with Crippen molar-refractivity contribution in [3.63, 3.8) is 0 Å². The lowest BCUT2D eigenvalue weighted by molar-refractivity contribution is 0.275. The summed E-state index contributed by atoms with van der Waals surface area (Å²) in [5, 5.41) is 6.62. The largest absolute Gasteiger partial charge is 0.496 e. The second kappa shape index (κ2) is 10.9. The van der Waals surface area contributed by atoms with Crippen molar-refractivity contribution in [3.8, 4) is 5.75 Å². The summed E-state index contributed by atoms with van der Waals surface area (Å²) < 4.78 is 30.0. The Kier molecular flexibility index (Phi) is 9.66. The fourth-order valence-electron chi connectivity index (χ4n) is 2.93. The van der Waals surface area contributed by atoms with Gasteiger partial charge in [0.15, 0.2) is 5.96 Å². The minimum atomic E-state index is -3.07. The molecule has 1 aliphatic heterocycles. The number of nitrogens with zero attached hydrogens (tertiary/aromatic N) is 2. The molecule has 26 heavy (non-hydrogen) atoms. The van der Waals surface area contributed by atoms with Crippen LogP contribution in [-0.4, -0.2) is 58.7 Å². The zero-order valence-corrected chi connectivity index (χ0v) is 18.7. The molecular weight excluding hydrogens is 467 g/mol. The number of sulfonamides is 1. The van der Waals surface area contributed by atoms with Gasteiger partial charge in [0.05, 0.1) is 13.4 Å². The Hall–Kier alpha value is -1.07. The molecule has 0 aromatic heterocycles. The molecule has 0 aliphatic carbocycles. The molecule has 1 aliphatic rings. The molecule has 2 N–H and O–H groups in total. The van der Waals surface area contributed by atoms with Crippen LogP contribution in [0.2, 0.25) is 0 Å². The SMILES string of the molecule is CN=C(NCc1ccccc1OC)NCC1CCN(S(C)(=O)=O)CC1.I. The highest BCUT2D eigenvalue weighted by atomic mass is 127. The molecule has 148 valence electrons. The van der Waals surface area contributed by atoms with Gasteiger partial charge in [-0.2, -0.15) is 0 Å². The third kappa shape index (κ3) is 6.92. The monoisotopic (exact) mass is 496 g/mol. The summed E-state index contributed by atoms with van der Waals surface area (Å²) >= 11 is 0. The molecule has 1 aromatic rings. The average Bonchev–Trinajstić information content (AvgIpc) is 2.61. The van der Waals surface area contributed by atoms with E-state index in [4.69, 9.17) is 4.74 Å². The first kappa shape index (κ1) is 23.0. The van der Waals surface area contributed by atoms with Gasteiger partial charge in [-0.15, -0.1) is 24.0 Å². The lowest BCUT2D eigenvalue weighted by atomic mass is 9.98. The maximum atomic E-state index is 11.5. The minimum Gasteiger partial charge on any atom is -0.496 e. The predicted molar refractivity (Wildman–Crippen MR) is 116 cm³/mol. The van der Waals surface area contributed by atoms with Crippen LogP contribution in [0.25, 0.3) is 0 Å². The quantitative estimate of drug-likeness (QED) is 0.356.